The Bertz CT molecular complexity index is 1100. The number of rotatable bonds is 8. The molecule has 2 aromatic rings. The topological polar surface area (TPSA) is 119 Å². The highest BCUT2D eigenvalue weighted by Crippen LogP contribution is 2.33. The standard InChI is InChI=1S/C21H26F3N5O3S/c22-21(23,24)33(31,32)17-9-5-15(6-10-17)27-20-18(19(25)30)12-29(28-20)16-7-3-14(4-8-16)26-11-13-1-2-13/h5-6,9-10,12-14,16,26H,1-4,7-8,11H2,(H2,25,30)(H,27,28). The lowest BCUT2D eigenvalue weighted by Crippen LogP contribution is -2.35. The van der Waals surface area contributed by atoms with Gasteiger partial charge in [0.05, 0.1) is 10.9 Å². The van der Waals surface area contributed by atoms with Crippen LogP contribution in [0.5, 0.6) is 0 Å². The van der Waals surface area contributed by atoms with E-state index in [9.17, 15) is 26.4 Å². The molecule has 0 spiro atoms. The van der Waals surface area contributed by atoms with Crippen molar-refractivity contribution < 1.29 is 26.4 Å². The second kappa shape index (κ2) is 8.98. The molecule has 180 valence electrons. The first-order chi connectivity index (χ1) is 15.5. The zero-order valence-electron chi connectivity index (χ0n) is 17.8. The Morgan fingerprint density at radius 1 is 1.09 bits per heavy atom. The highest BCUT2D eigenvalue weighted by Gasteiger charge is 2.46. The number of anilines is 2. The van der Waals surface area contributed by atoms with E-state index in [4.69, 9.17) is 5.73 Å². The van der Waals surface area contributed by atoms with E-state index in [-0.39, 0.29) is 23.1 Å². The number of sulfone groups is 1. The van der Waals surface area contributed by atoms with E-state index >= 15 is 0 Å². The maximum Gasteiger partial charge on any atom is 0.501 e. The SMILES string of the molecule is NC(=O)c1cn(C2CCC(NCC3CC3)CC2)nc1Nc1ccc(S(=O)(=O)C(F)(F)F)cc1. The van der Waals surface area contributed by atoms with Gasteiger partial charge in [0.15, 0.2) is 5.82 Å². The lowest BCUT2D eigenvalue weighted by Gasteiger charge is -2.29. The van der Waals surface area contributed by atoms with Crippen LogP contribution in [0, 0.1) is 5.92 Å². The smallest absolute Gasteiger partial charge is 0.365 e. The summed E-state index contributed by atoms with van der Waals surface area (Å²) in [5.74, 6) is 0.297. The molecule has 8 nitrogen and oxygen atoms in total. The lowest BCUT2D eigenvalue weighted by atomic mass is 9.91. The Labute approximate surface area is 189 Å². The van der Waals surface area contributed by atoms with Crippen LogP contribution in [0.3, 0.4) is 0 Å². The minimum atomic E-state index is -5.44. The van der Waals surface area contributed by atoms with E-state index in [1.54, 1.807) is 10.9 Å². The number of nitrogens with one attached hydrogen (secondary N) is 2. The molecule has 4 rings (SSSR count). The molecule has 1 aromatic carbocycles. The van der Waals surface area contributed by atoms with Crippen molar-refractivity contribution in [2.24, 2.45) is 11.7 Å². The van der Waals surface area contributed by atoms with Gasteiger partial charge in [-0.05, 0) is 75.3 Å². The molecule has 0 unspecified atom stereocenters. The molecule has 1 heterocycles. The number of hydrogen-bond acceptors (Lipinski definition) is 6. The fraction of sp³-hybridized carbons (Fsp3) is 0.524. The van der Waals surface area contributed by atoms with E-state index < -0.39 is 26.1 Å². The first-order valence-corrected chi connectivity index (χ1v) is 12.3. The molecule has 12 heteroatoms. The molecule has 4 N–H and O–H groups in total. The van der Waals surface area contributed by atoms with Gasteiger partial charge in [-0.1, -0.05) is 0 Å². The van der Waals surface area contributed by atoms with E-state index in [1.807, 2.05) is 0 Å². The summed E-state index contributed by atoms with van der Waals surface area (Å²) in [6.07, 6.45) is 7.99. The first kappa shape index (κ1) is 23.6. The van der Waals surface area contributed by atoms with Gasteiger partial charge in [0.25, 0.3) is 15.7 Å². The van der Waals surface area contributed by atoms with Crippen LogP contribution in [-0.2, 0) is 9.84 Å². The second-order valence-corrected chi connectivity index (χ2v) is 10.6. The number of amides is 1. The average Bonchev–Trinajstić information content (AvgIpc) is 3.50. The monoisotopic (exact) mass is 485 g/mol. The van der Waals surface area contributed by atoms with Gasteiger partial charge in [-0.3, -0.25) is 9.48 Å². The van der Waals surface area contributed by atoms with Crippen molar-refractivity contribution in [2.75, 3.05) is 11.9 Å². The zero-order valence-corrected chi connectivity index (χ0v) is 18.6. The summed E-state index contributed by atoms with van der Waals surface area (Å²) in [6.45, 7) is 1.07. The molecule has 0 bridgehead atoms. The van der Waals surface area contributed by atoms with E-state index in [2.05, 4.69) is 15.7 Å². The highest BCUT2D eigenvalue weighted by molar-refractivity contribution is 7.92. The van der Waals surface area contributed by atoms with Gasteiger partial charge in [0, 0.05) is 17.9 Å². The molecule has 0 saturated heterocycles. The summed E-state index contributed by atoms with van der Waals surface area (Å²) in [7, 11) is -5.44. The maximum atomic E-state index is 12.7. The van der Waals surface area contributed by atoms with Crippen molar-refractivity contribution in [3.63, 3.8) is 0 Å². The summed E-state index contributed by atoms with van der Waals surface area (Å²) in [5, 5.41) is 10.9. The van der Waals surface area contributed by atoms with E-state index in [0.29, 0.717) is 6.04 Å². The van der Waals surface area contributed by atoms with Crippen LogP contribution in [0.25, 0.3) is 0 Å². The van der Waals surface area contributed by atoms with Crippen molar-refractivity contribution in [3.8, 4) is 0 Å². The average molecular weight is 486 g/mol. The number of carbonyl (C=O) groups excluding carboxylic acids is 1. The van der Waals surface area contributed by atoms with Crippen LogP contribution < -0.4 is 16.4 Å². The molecule has 1 amide bonds. The maximum absolute atomic E-state index is 12.7. The fourth-order valence-corrected chi connectivity index (χ4v) is 4.80. The summed E-state index contributed by atoms with van der Waals surface area (Å²) in [4.78, 5) is 11.1. The number of carbonyl (C=O) groups is 1. The van der Waals surface area contributed by atoms with Crippen molar-refractivity contribution >= 4 is 27.2 Å². The number of hydrogen-bond donors (Lipinski definition) is 3. The quantitative estimate of drug-likeness (QED) is 0.527. The van der Waals surface area contributed by atoms with Crippen LogP contribution in [0.4, 0.5) is 24.7 Å². The molecule has 2 saturated carbocycles. The third kappa shape index (κ3) is 5.32. The Morgan fingerprint density at radius 3 is 2.27 bits per heavy atom. The summed E-state index contributed by atoms with van der Waals surface area (Å²) < 4.78 is 62.9. The van der Waals surface area contributed by atoms with Crippen molar-refractivity contribution in [2.45, 2.75) is 61.0 Å². The summed E-state index contributed by atoms with van der Waals surface area (Å²) in [6, 6.07) is 4.65. The van der Waals surface area contributed by atoms with Gasteiger partial charge >= 0.3 is 5.51 Å². The second-order valence-electron chi connectivity index (χ2n) is 8.69. The molecular formula is C21H26F3N5O3S. The minimum absolute atomic E-state index is 0.108. The third-order valence-corrected chi connectivity index (χ3v) is 7.69. The van der Waals surface area contributed by atoms with E-state index in [0.717, 1.165) is 50.3 Å². The van der Waals surface area contributed by atoms with Crippen molar-refractivity contribution in [1.29, 1.82) is 0 Å². The largest absolute Gasteiger partial charge is 0.501 e. The van der Waals surface area contributed by atoms with Gasteiger partial charge in [0.2, 0.25) is 0 Å². The number of nitrogens with two attached hydrogens (primary N) is 1. The van der Waals surface area contributed by atoms with E-state index in [1.165, 1.54) is 25.0 Å². The number of nitrogens with zero attached hydrogens (tertiary/aromatic N) is 2. The van der Waals surface area contributed by atoms with Crippen molar-refractivity contribution in [1.82, 2.24) is 15.1 Å². The predicted molar refractivity (Wildman–Crippen MR) is 116 cm³/mol. The normalized spacial score (nSPS) is 21.7. The van der Waals surface area contributed by atoms with Gasteiger partial charge in [0.1, 0.15) is 5.56 Å². The lowest BCUT2D eigenvalue weighted by molar-refractivity contribution is -0.0436. The molecule has 0 atom stereocenters. The third-order valence-electron chi connectivity index (χ3n) is 6.19. The molecule has 2 fully saturated rings. The van der Waals surface area contributed by atoms with Crippen LogP contribution in [0.2, 0.25) is 0 Å². The summed E-state index contributed by atoms with van der Waals surface area (Å²) >= 11 is 0. The number of primary amides is 1. The predicted octanol–water partition coefficient (Wildman–Crippen LogP) is 3.50. The van der Waals surface area contributed by atoms with Crippen LogP contribution in [-0.4, -0.2) is 42.2 Å². The molecular weight excluding hydrogens is 459 g/mol. The number of halogens is 3. The molecule has 0 radical (unpaired) electrons. The highest BCUT2D eigenvalue weighted by atomic mass is 32.2. The Kier molecular flexibility index (Phi) is 6.41. The van der Waals surface area contributed by atoms with Gasteiger partial charge in [-0.2, -0.15) is 18.3 Å². The molecule has 1 aromatic heterocycles. The van der Waals surface area contributed by atoms with Crippen LogP contribution in [0.1, 0.15) is 54.9 Å². The number of alkyl halides is 3. The van der Waals surface area contributed by atoms with Crippen molar-refractivity contribution in [3.05, 3.63) is 36.0 Å². The van der Waals surface area contributed by atoms with Gasteiger partial charge < -0.3 is 16.4 Å². The molecule has 0 aliphatic heterocycles. The summed E-state index contributed by atoms with van der Waals surface area (Å²) in [5.41, 5.74) is 0.531. The first-order valence-electron chi connectivity index (χ1n) is 10.9. The minimum Gasteiger partial charge on any atom is -0.365 e. The van der Waals surface area contributed by atoms with Gasteiger partial charge in [-0.25, -0.2) is 8.42 Å². The van der Waals surface area contributed by atoms with Gasteiger partial charge in [-0.15, -0.1) is 0 Å². The number of aromatic nitrogens is 2. The van der Waals surface area contributed by atoms with Crippen LogP contribution in [0.15, 0.2) is 35.4 Å². The Hall–Kier alpha value is -2.60. The molecule has 33 heavy (non-hydrogen) atoms. The fourth-order valence-electron chi connectivity index (χ4n) is 4.04. The number of benzene rings is 1. The molecule has 2 aliphatic rings. The molecule has 2 aliphatic carbocycles. The Morgan fingerprint density at radius 2 is 1.73 bits per heavy atom. The van der Waals surface area contributed by atoms with Crippen LogP contribution >= 0.6 is 0 Å². The Balaban J connectivity index is 1.44. The zero-order chi connectivity index (χ0) is 23.8.